The van der Waals surface area contributed by atoms with Crippen molar-refractivity contribution in [3.05, 3.63) is 64.7 Å². The lowest BCUT2D eigenvalue weighted by molar-refractivity contribution is 0.101. The van der Waals surface area contributed by atoms with Crippen LogP contribution in [0.5, 0.6) is 0 Å². The lowest BCUT2D eigenvalue weighted by Gasteiger charge is -2.09. The van der Waals surface area contributed by atoms with Gasteiger partial charge < -0.3 is 11.1 Å². The molecule has 5 heteroatoms. The summed E-state index contributed by atoms with van der Waals surface area (Å²) >= 11 is 0. The Morgan fingerprint density at radius 3 is 2.70 bits per heavy atom. The summed E-state index contributed by atoms with van der Waals surface area (Å²) < 4.78 is 27.4. The minimum absolute atomic E-state index is 0.215. The maximum absolute atomic E-state index is 13.8. The smallest absolute Gasteiger partial charge is 0.261 e. The quantitative estimate of drug-likeness (QED) is 0.905. The zero-order chi connectivity index (χ0) is 14.7. The normalized spacial score (nSPS) is 10.4. The highest BCUT2D eigenvalue weighted by atomic mass is 19.1. The minimum atomic E-state index is -0.888. The van der Waals surface area contributed by atoms with E-state index in [1.54, 1.807) is 24.3 Å². The lowest BCUT2D eigenvalue weighted by atomic mass is 10.1. The Kier molecular flexibility index (Phi) is 4.10. The molecule has 0 aromatic heterocycles. The van der Waals surface area contributed by atoms with Crippen molar-refractivity contribution in [2.75, 3.05) is 5.32 Å². The van der Waals surface area contributed by atoms with E-state index in [0.29, 0.717) is 12.2 Å². The molecule has 0 unspecified atom stereocenters. The third kappa shape index (κ3) is 2.83. The van der Waals surface area contributed by atoms with Crippen LogP contribution in [-0.2, 0) is 6.54 Å². The molecule has 0 radical (unpaired) electrons. The predicted octanol–water partition coefficient (Wildman–Crippen LogP) is 2.98. The zero-order valence-corrected chi connectivity index (χ0v) is 10.9. The summed E-state index contributed by atoms with van der Waals surface area (Å²) in [7, 11) is 0. The van der Waals surface area contributed by atoms with Gasteiger partial charge in [0, 0.05) is 12.2 Å². The fourth-order valence-corrected chi connectivity index (χ4v) is 1.83. The van der Waals surface area contributed by atoms with Gasteiger partial charge in [-0.05, 0) is 36.2 Å². The molecule has 0 saturated carbocycles. The molecule has 104 valence electrons. The number of anilines is 1. The zero-order valence-electron chi connectivity index (χ0n) is 10.9. The summed E-state index contributed by atoms with van der Waals surface area (Å²) in [6.45, 7) is 1.79. The summed E-state index contributed by atoms with van der Waals surface area (Å²) in [6.07, 6.45) is 0. The number of carbonyl (C=O) groups is 1. The average Bonchev–Trinajstić information content (AvgIpc) is 2.43. The fraction of sp³-hybridized carbons (Fsp3) is 0.133. The van der Waals surface area contributed by atoms with Crippen LogP contribution in [0.3, 0.4) is 0 Å². The Morgan fingerprint density at radius 2 is 2.00 bits per heavy atom. The van der Waals surface area contributed by atoms with E-state index in [4.69, 9.17) is 5.73 Å². The third-order valence-corrected chi connectivity index (χ3v) is 2.93. The number of hydrogen-bond donors (Lipinski definition) is 2. The first-order valence-corrected chi connectivity index (χ1v) is 6.08. The van der Waals surface area contributed by atoms with Gasteiger partial charge in [0.05, 0.1) is 0 Å². The number of amides is 1. The molecule has 20 heavy (non-hydrogen) atoms. The van der Waals surface area contributed by atoms with Gasteiger partial charge in [-0.3, -0.25) is 4.79 Å². The number of rotatable bonds is 3. The van der Waals surface area contributed by atoms with Gasteiger partial charge in [-0.25, -0.2) is 8.78 Å². The molecule has 0 aliphatic heterocycles. The number of aryl methyl sites for hydroxylation is 1. The molecule has 2 rings (SSSR count). The third-order valence-electron chi connectivity index (χ3n) is 2.93. The molecule has 1 amide bonds. The van der Waals surface area contributed by atoms with Crippen LogP contribution >= 0.6 is 0 Å². The lowest BCUT2D eigenvalue weighted by Crippen LogP contribution is -2.16. The maximum atomic E-state index is 13.8. The number of nitrogens with one attached hydrogen (secondary N) is 1. The van der Waals surface area contributed by atoms with E-state index in [1.807, 2.05) is 0 Å². The van der Waals surface area contributed by atoms with Crippen LogP contribution in [0.15, 0.2) is 36.4 Å². The second-order valence-corrected chi connectivity index (χ2v) is 4.41. The molecule has 2 aromatic carbocycles. The summed E-state index contributed by atoms with van der Waals surface area (Å²) in [5.41, 5.74) is 6.39. The Hall–Kier alpha value is -2.27. The van der Waals surface area contributed by atoms with E-state index in [1.165, 1.54) is 13.0 Å². The number of hydrogen-bond acceptors (Lipinski definition) is 2. The first-order valence-electron chi connectivity index (χ1n) is 6.08. The number of nitrogens with two attached hydrogens (primary N) is 1. The van der Waals surface area contributed by atoms with Crippen LogP contribution in [0.2, 0.25) is 0 Å². The molecule has 0 spiro atoms. The van der Waals surface area contributed by atoms with E-state index >= 15 is 0 Å². The van der Waals surface area contributed by atoms with E-state index < -0.39 is 23.1 Å². The molecule has 0 atom stereocenters. The SMILES string of the molecule is Cc1ccc(F)c(C(=O)Nc2cccc(CN)c2)c1F. The van der Waals surface area contributed by atoms with Gasteiger partial charge in [0.1, 0.15) is 17.2 Å². The van der Waals surface area contributed by atoms with E-state index in [0.717, 1.165) is 11.6 Å². The number of carbonyl (C=O) groups excluding carboxylic acids is 1. The van der Waals surface area contributed by atoms with Gasteiger partial charge in [-0.1, -0.05) is 18.2 Å². The highest BCUT2D eigenvalue weighted by Gasteiger charge is 2.19. The van der Waals surface area contributed by atoms with Gasteiger partial charge in [-0.2, -0.15) is 0 Å². The van der Waals surface area contributed by atoms with E-state index in [9.17, 15) is 13.6 Å². The number of halogens is 2. The molecule has 0 heterocycles. The van der Waals surface area contributed by atoms with Crippen LogP contribution in [-0.4, -0.2) is 5.91 Å². The van der Waals surface area contributed by atoms with Crippen LogP contribution in [0.1, 0.15) is 21.5 Å². The fourth-order valence-electron chi connectivity index (χ4n) is 1.83. The second kappa shape index (κ2) is 5.79. The Morgan fingerprint density at radius 1 is 1.25 bits per heavy atom. The molecule has 3 N–H and O–H groups in total. The van der Waals surface area contributed by atoms with Crippen LogP contribution in [0, 0.1) is 18.6 Å². The molecular formula is C15H14F2N2O. The highest BCUT2D eigenvalue weighted by Crippen LogP contribution is 2.18. The summed E-state index contributed by atoms with van der Waals surface area (Å²) in [6, 6.07) is 9.15. The monoisotopic (exact) mass is 276 g/mol. The molecule has 3 nitrogen and oxygen atoms in total. The average molecular weight is 276 g/mol. The van der Waals surface area contributed by atoms with Crippen molar-refractivity contribution in [1.29, 1.82) is 0 Å². The molecule has 0 bridgehead atoms. The van der Waals surface area contributed by atoms with Crippen molar-refractivity contribution in [1.82, 2.24) is 0 Å². The number of benzene rings is 2. The molecule has 0 saturated heterocycles. The van der Waals surface area contributed by atoms with Gasteiger partial charge in [0.15, 0.2) is 0 Å². The first kappa shape index (κ1) is 14.1. The first-order chi connectivity index (χ1) is 9.52. The van der Waals surface area contributed by atoms with Crippen LogP contribution < -0.4 is 11.1 Å². The Balaban J connectivity index is 2.31. The van der Waals surface area contributed by atoms with Gasteiger partial charge in [-0.15, -0.1) is 0 Å². The van der Waals surface area contributed by atoms with Crippen molar-refractivity contribution in [2.24, 2.45) is 5.73 Å². The van der Waals surface area contributed by atoms with Crippen molar-refractivity contribution in [3.8, 4) is 0 Å². The van der Waals surface area contributed by atoms with E-state index in [-0.39, 0.29) is 5.56 Å². The molecule has 2 aromatic rings. The second-order valence-electron chi connectivity index (χ2n) is 4.41. The molecule has 0 aliphatic carbocycles. The molecule has 0 fully saturated rings. The van der Waals surface area contributed by atoms with Crippen LogP contribution in [0.25, 0.3) is 0 Å². The van der Waals surface area contributed by atoms with Gasteiger partial charge in [0.2, 0.25) is 0 Å². The molecule has 0 aliphatic rings. The summed E-state index contributed by atoms with van der Waals surface area (Å²) in [5, 5.41) is 2.47. The van der Waals surface area contributed by atoms with E-state index in [2.05, 4.69) is 5.32 Å². The topological polar surface area (TPSA) is 55.1 Å². The van der Waals surface area contributed by atoms with Crippen molar-refractivity contribution < 1.29 is 13.6 Å². The maximum Gasteiger partial charge on any atom is 0.261 e. The summed E-state index contributed by atoms with van der Waals surface area (Å²) in [5.74, 6) is -2.56. The van der Waals surface area contributed by atoms with Crippen molar-refractivity contribution in [3.63, 3.8) is 0 Å². The van der Waals surface area contributed by atoms with Crippen molar-refractivity contribution >= 4 is 11.6 Å². The summed E-state index contributed by atoms with van der Waals surface area (Å²) in [4.78, 5) is 12.0. The Labute approximate surface area is 115 Å². The largest absolute Gasteiger partial charge is 0.326 e. The Bertz CT molecular complexity index is 656. The predicted molar refractivity (Wildman–Crippen MR) is 73.4 cm³/mol. The van der Waals surface area contributed by atoms with Gasteiger partial charge in [0.25, 0.3) is 5.91 Å². The van der Waals surface area contributed by atoms with Gasteiger partial charge >= 0.3 is 0 Å². The highest BCUT2D eigenvalue weighted by molar-refractivity contribution is 6.04. The standard InChI is InChI=1S/C15H14F2N2O/c1-9-5-6-12(16)13(14(9)17)15(20)19-11-4-2-3-10(7-11)8-18/h2-7H,8,18H2,1H3,(H,19,20). The van der Waals surface area contributed by atoms with Crippen LogP contribution in [0.4, 0.5) is 14.5 Å². The molecular weight excluding hydrogens is 262 g/mol. The van der Waals surface area contributed by atoms with Crippen molar-refractivity contribution in [2.45, 2.75) is 13.5 Å². The minimum Gasteiger partial charge on any atom is -0.326 e.